The van der Waals surface area contributed by atoms with Crippen LogP contribution < -0.4 is 5.32 Å². The molecule has 0 aromatic heterocycles. The van der Waals surface area contributed by atoms with E-state index >= 15 is 0 Å². The van der Waals surface area contributed by atoms with Crippen LogP contribution in [0.4, 0.5) is 4.79 Å². The van der Waals surface area contributed by atoms with Crippen molar-refractivity contribution in [3.63, 3.8) is 0 Å². The molecule has 0 aromatic rings. The minimum Gasteiger partial charge on any atom is -0.460 e. The molecule has 0 heterocycles. The van der Waals surface area contributed by atoms with E-state index in [2.05, 4.69) is 21.2 Å². The number of hydrogen-bond acceptors (Lipinski definition) is 5. The van der Waals surface area contributed by atoms with Crippen molar-refractivity contribution >= 4 is 33.8 Å². The van der Waals surface area contributed by atoms with Crippen LogP contribution >= 0.6 is 15.9 Å². The molecule has 1 N–H and O–H groups in total. The molecule has 134 valence electrons. The van der Waals surface area contributed by atoms with Gasteiger partial charge in [0.05, 0.1) is 11.8 Å². The molecule has 1 atom stereocenters. The average molecular weight is 394 g/mol. The average Bonchev–Trinajstić information content (AvgIpc) is 2.30. The topological polar surface area (TPSA) is 81.7 Å². The second-order valence-electron chi connectivity index (χ2n) is 7.34. The van der Waals surface area contributed by atoms with Gasteiger partial charge in [0.15, 0.2) is 0 Å². The van der Waals surface area contributed by atoms with Crippen molar-refractivity contribution in [2.75, 3.05) is 5.33 Å². The van der Waals surface area contributed by atoms with Crippen LogP contribution in [0.5, 0.6) is 0 Å². The molecule has 0 aliphatic rings. The third kappa shape index (κ3) is 13.1. The molecule has 0 spiro atoms. The number of Topliss-reactive ketones (excluding diaryl/α,β-unsaturated/α-hetero) is 1. The van der Waals surface area contributed by atoms with E-state index in [4.69, 9.17) is 9.47 Å². The van der Waals surface area contributed by atoms with Crippen molar-refractivity contribution < 1.29 is 23.9 Å². The highest BCUT2D eigenvalue weighted by molar-refractivity contribution is 9.09. The first kappa shape index (κ1) is 21.9. The Kier molecular flexibility index (Phi) is 8.80. The van der Waals surface area contributed by atoms with Gasteiger partial charge in [0.25, 0.3) is 0 Å². The number of ketones is 1. The van der Waals surface area contributed by atoms with Crippen LogP contribution in [0.3, 0.4) is 0 Å². The minimum absolute atomic E-state index is 0.00479. The van der Waals surface area contributed by atoms with Crippen LogP contribution in [0, 0.1) is 0 Å². The van der Waals surface area contributed by atoms with Gasteiger partial charge >= 0.3 is 12.1 Å². The van der Waals surface area contributed by atoms with Crippen molar-refractivity contribution in [1.82, 2.24) is 5.32 Å². The van der Waals surface area contributed by atoms with Crippen molar-refractivity contribution in [2.45, 2.75) is 78.0 Å². The molecule has 23 heavy (non-hydrogen) atoms. The zero-order chi connectivity index (χ0) is 18.3. The minimum atomic E-state index is -0.633. The Bertz CT molecular complexity index is 393. The van der Waals surface area contributed by atoms with Gasteiger partial charge in [0.1, 0.15) is 17.0 Å². The van der Waals surface area contributed by atoms with Gasteiger partial charge < -0.3 is 14.8 Å². The molecular weight excluding hydrogens is 366 g/mol. The molecule has 0 saturated carbocycles. The van der Waals surface area contributed by atoms with Gasteiger partial charge in [-0.05, 0) is 48.0 Å². The first-order valence-electron chi connectivity index (χ1n) is 7.61. The second-order valence-corrected chi connectivity index (χ2v) is 7.91. The highest BCUT2D eigenvalue weighted by atomic mass is 79.9. The largest absolute Gasteiger partial charge is 0.460 e. The summed E-state index contributed by atoms with van der Waals surface area (Å²) in [6.45, 7) is 10.6. The van der Waals surface area contributed by atoms with Crippen molar-refractivity contribution in [1.29, 1.82) is 0 Å². The third-order valence-electron chi connectivity index (χ3n) is 2.47. The van der Waals surface area contributed by atoms with Gasteiger partial charge in [-0.15, -0.1) is 0 Å². The van der Waals surface area contributed by atoms with Crippen LogP contribution in [-0.2, 0) is 19.1 Å². The van der Waals surface area contributed by atoms with E-state index in [1.54, 1.807) is 41.5 Å². The monoisotopic (exact) mass is 393 g/mol. The molecule has 0 fully saturated rings. The third-order valence-corrected chi connectivity index (χ3v) is 3.10. The van der Waals surface area contributed by atoms with Gasteiger partial charge in [-0.1, -0.05) is 15.9 Å². The van der Waals surface area contributed by atoms with E-state index in [1.165, 1.54) is 0 Å². The van der Waals surface area contributed by atoms with E-state index in [1.807, 2.05) is 0 Å². The predicted molar refractivity (Wildman–Crippen MR) is 91.7 cm³/mol. The second kappa shape index (κ2) is 9.25. The van der Waals surface area contributed by atoms with Crippen molar-refractivity contribution in [3.8, 4) is 0 Å². The van der Waals surface area contributed by atoms with E-state index in [0.717, 1.165) is 0 Å². The normalized spacial score (nSPS) is 13.2. The van der Waals surface area contributed by atoms with Gasteiger partial charge in [0, 0.05) is 12.5 Å². The molecule has 0 bridgehead atoms. The van der Waals surface area contributed by atoms with Crippen LogP contribution in [0.1, 0.15) is 60.8 Å². The number of alkyl halides is 1. The summed E-state index contributed by atoms with van der Waals surface area (Å²) in [6.07, 6.45) is -0.0129. The number of alkyl carbamates (subject to hydrolysis) is 1. The summed E-state index contributed by atoms with van der Waals surface area (Å²) in [4.78, 5) is 35.3. The number of carbonyl (C=O) groups is 3. The van der Waals surface area contributed by atoms with Crippen molar-refractivity contribution in [3.05, 3.63) is 0 Å². The fourth-order valence-corrected chi connectivity index (χ4v) is 1.97. The highest BCUT2D eigenvalue weighted by Gasteiger charge is 2.24. The molecular formula is C16H28BrNO5. The lowest BCUT2D eigenvalue weighted by molar-refractivity contribution is -0.155. The van der Waals surface area contributed by atoms with Gasteiger partial charge in [-0.2, -0.15) is 0 Å². The molecule has 7 heteroatoms. The Hall–Kier alpha value is -1.11. The van der Waals surface area contributed by atoms with Crippen LogP contribution in [0.25, 0.3) is 0 Å². The number of esters is 1. The Morgan fingerprint density at radius 2 is 1.52 bits per heavy atom. The molecule has 0 aliphatic heterocycles. The summed E-state index contributed by atoms with van der Waals surface area (Å²) in [5, 5.41) is 2.89. The van der Waals surface area contributed by atoms with Gasteiger partial charge in [0.2, 0.25) is 0 Å². The lowest BCUT2D eigenvalue weighted by Gasteiger charge is -2.25. The fraction of sp³-hybridized carbons (Fsp3) is 0.812. The van der Waals surface area contributed by atoms with E-state index in [0.29, 0.717) is 6.42 Å². The fourth-order valence-electron chi connectivity index (χ4n) is 1.69. The number of amides is 1. The molecule has 0 saturated heterocycles. The zero-order valence-electron chi connectivity index (χ0n) is 14.8. The van der Waals surface area contributed by atoms with Gasteiger partial charge in [-0.3, -0.25) is 9.59 Å². The quantitative estimate of drug-likeness (QED) is 0.529. The molecule has 0 unspecified atom stereocenters. The van der Waals surface area contributed by atoms with Crippen LogP contribution in [0.15, 0.2) is 0 Å². The lowest BCUT2D eigenvalue weighted by Crippen LogP contribution is -2.41. The Labute approximate surface area is 146 Å². The Morgan fingerprint density at radius 3 is 1.96 bits per heavy atom. The summed E-state index contributed by atoms with van der Waals surface area (Å²) >= 11 is 3.09. The maximum atomic E-state index is 11.9. The lowest BCUT2D eigenvalue weighted by atomic mass is 10.1. The molecule has 0 aliphatic carbocycles. The zero-order valence-corrected chi connectivity index (χ0v) is 16.4. The predicted octanol–water partition coefficient (Wildman–Crippen LogP) is 3.36. The van der Waals surface area contributed by atoms with E-state index in [9.17, 15) is 14.4 Å². The molecule has 6 nitrogen and oxygen atoms in total. The summed E-state index contributed by atoms with van der Waals surface area (Å²) in [7, 11) is 0. The molecule has 0 radical (unpaired) electrons. The maximum Gasteiger partial charge on any atom is 0.407 e. The van der Waals surface area contributed by atoms with Gasteiger partial charge in [-0.25, -0.2) is 4.79 Å². The summed E-state index contributed by atoms with van der Waals surface area (Å²) < 4.78 is 10.4. The number of halogens is 1. The number of ether oxygens (including phenoxy) is 2. The van der Waals surface area contributed by atoms with Crippen LogP contribution in [0.2, 0.25) is 0 Å². The highest BCUT2D eigenvalue weighted by Crippen LogP contribution is 2.13. The molecule has 0 rings (SSSR count). The molecule has 1 amide bonds. The number of nitrogens with one attached hydrogen (secondary N) is 1. The smallest absolute Gasteiger partial charge is 0.407 e. The van der Waals surface area contributed by atoms with E-state index in [-0.39, 0.29) is 24.0 Å². The summed E-state index contributed by atoms with van der Waals surface area (Å²) in [6, 6.07) is -0.511. The Morgan fingerprint density at radius 1 is 1.00 bits per heavy atom. The first-order valence-corrected chi connectivity index (χ1v) is 8.73. The SMILES string of the molecule is CC(C)(C)OC(=O)C[C@@H](CCC(=O)CBr)NC(=O)OC(C)(C)C. The molecule has 0 aromatic carbocycles. The first-order chi connectivity index (χ1) is 10.3. The number of rotatable bonds is 7. The summed E-state index contributed by atoms with van der Waals surface area (Å²) in [5.74, 6) is -0.421. The number of carbonyl (C=O) groups excluding carboxylic acids is 3. The standard InChI is InChI=1S/C16H28BrNO5/c1-15(2,3)22-13(20)9-11(7-8-12(19)10-17)18-14(21)23-16(4,5)6/h11H,7-10H2,1-6H3,(H,18,21)/t11-/m1/s1. The van der Waals surface area contributed by atoms with Crippen LogP contribution in [-0.4, -0.2) is 40.4 Å². The van der Waals surface area contributed by atoms with Crippen molar-refractivity contribution in [2.24, 2.45) is 0 Å². The number of hydrogen-bond donors (Lipinski definition) is 1. The summed E-state index contributed by atoms with van der Waals surface area (Å²) in [5.41, 5.74) is -1.23. The Balaban J connectivity index is 4.71. The maximum absolute atomic E-state index is 11.9. The van der Waals surface area contributed by atoms with E-state index < -0.39 is 29.3 Å².